The van der Waals surface area contributed by atoms with E-state index in [1.54, 1.807) is 0 Å². The maximum absolute atomic E-state index is 13.2. The van der Waals surface area contributed by atoms with Crippen LogP contribution in [-0.4, -0.2) is 27.8 Å². The first-order chi connectivity index (χ1) is 17.5. The number of hydrogen-bond donors (Lipinski definition) is 0. The third-order valence-corrected chi connectivity index (χ3v) is 8.78. The van der Waals surface area contributed by atoms with E-state index in [0.717, 1.165) is 46.1 Å². The molecule has 0 radical (unpaired) electrons. The molecule has 7 heteroatoms. The number of fused-ring (bicyclic) bond motifs is 1. The zero-order valence-electron chi connectivity index (χ0n) is 20.2. The number of hydrogen-bond acceptors (Lipinski definition) is 5. The van der Waals surface area contributed by atoms with E-state index in [1.165, 1.54) is 29.0 Å². The largest absolute Gasteiger partial charge is 0.490 e. The summed E-state index contributed by atoms with van der Waals surface area (Å²) in [6, 6.07) is 18.8. The minimum Gasteiger partial charge on any atom is -0.490 e. The first-order valence-electron chi connectivity index (χ1n) is 12.4. The molecular formula is C29H28INO3S2. The molecule has 4 nitrogen and oxygen atoms in total. The predicted octanol–water partition coefficient (Wildman–Crippen LogP) is 7.96. The Hall–Kier alpha value is -2.10. The predicted molar refractivity (Wildman–Crippen MR) is 160 cm³/mol. The zero-order chi connectivity index (χ0) is 25.1. The van der Waals surface area contributed by atoms with Crippen LogP contribution in [0, 0.1) is 3.57 Å². The van der Waals surface area contributed by atoms with E-state index in [9.17, 15) is 4.79 Å². The Morgan fingerprint density at radius 1 is 1.08 bits per heavy atom. The second-order valence-corrected chi connectivity index (χ2v) is 11.9. The molecule has 5 rings (SSSR count). The van der Waals surface area contributed by atoms with Crippen LogP contribution < -0.4 is 9.47 Å². The van der Waals surface area contributed by atoms with Gasteiger partial charge in [0, 0.05) is 6.04 Å². The van der Waals surface area contributed by atoms with E-state index in [1.807, 2.05) is 42.2 Å². The summed E-state index contributed by atoms with van der Waals surface area (Å²) < 4.78 is 13.9. The lowest BCUT2D eigenvalue weighted by Crippen LogP contribution is -2.39. The van der Waals surface area contributed by atoms with E-state index >= 15 is 0 Å². The van der Waals surface area contributed by atoms with Crippen LogP contribution in [0.25, 0.3) is 16.8 Å². The molecule has 3 aromatic rings. The quantitative estimate of drug-likeness (QED) is 0.151. The van der Waals surface area contributed by atoms with Crippen molar-refractivity contribution in [1.29, 1.82) is 0 Å². The number of thiocarbonyl (C=S) groups is 1. The summed E-state index contributed by atoms with van der Waals surface area (Å²) in [4.78, 5) is 15.8. The lowest BCUT2D eigenvalue weighted by molar-refractivity contribution is -0.124. The van der Waals surface area contributed by atoms with Crippen molar-refractivity contribution in [3.05, 3.63) is 74.2 Å². The second-order valence-electron chi connectivity index (χ2n) is 9.03. The van der Waals surface area contributed by atoms with Crippen molar-refractivity contribution >= 4 is 73.6 Å². The molecule has 0 aromatic heterocycles. The van der Waals surface area contributed by atoms with Crippen LogP contribution in [0.4, 0.5) is 0 Å². The van der Waals surface area contributed by atoms with Crippen molar-refractivity contribution in [3.8, 4) is 11.5 Å². The standard InChI is InChI=1S/C29H28INO3S2/c1-2-33-25-16-19(17-26-28(32)31(29(35)36-26)22-12-4-3-5-13-22)15-24(30)27(25)34-18-21-11-8-10-20-9-6-7-14-23(20)21/h6-11,14-17,22H,2-5,12-13,18H2,1H3/b26-17-. The molecule has 186 valence electrons. The van der Waals surface area contributed by atoms with Crippen molar-refractivity contribution in [2.45, 2.75) is 51.7 Å². The summed E-state index contributed by atoms with van der Waals surface area (Å²) in [7, 11) is 0. The van der Waals surface area contributed by atoms with E-state index < -0.39 is 0 Å². The summed E-state index contributed by atoms with van der Waals surface area (Å²) in [5.41, 5.74) is 2.03. The molecule has 1 aliphatic heterocycles. The van der Waals surface area contributed by atoms with Crippen molar-refractivity contribution in [2.75, 3.05) is 6.61 Å². The molecule has 36 heavy (non-hydrogen) atoms. The fourth-order valence-corrected chi connectivity index (χ4v) is 7.11. The minimum atomic E-state index is 0.0288. The maximum atomic E-state index is 13.2. The molecular weight excluding hydrogens is 601 g/mol. The zero-order valence-corrected chi connectivity index (χ0v) is 24.0. The van der Waals surface area contributed by atoms with Gasteiger partial charge >= 0.3 is 0 Å². The second kappa shape index (κ2) is 11.5. The van der Waals surface area contributed by atoms with Crippen molar-refractivity contribution < 1.29 is 14.3 Å². The Bertz CT molecular complexity index is 1330. The van der Waals surface area contributed by atoms with Gasteiger partial charge in [0.1, 0.15) is 10.9 Å². The van der Waals surface area contributed by atoms with Crippen molar-refractivity contribution in [3.63, 3.8) is 0 Å². The summed E-state index contributed by atoms with van der Waals surface area (Å²) in [6.07, 6.45) is 7.58. The van der Waals surface area contributed by atoms with Crippen LogP contribution in [0.3, 0.4) is 0 Å². The highest BCUT2D eigenvalue weighted by molar-refractivity contribution is 14.1. The Kier molecular flexibility index (Phi) is 8.18. The van der Waals surface area contributed by atoms with Crippen LogP contribution in [0.2, 0.25) is 0 Å². The molecule has 0 N–H and O–H groups in total. The molecule has 1 saturated carbocycles. The maximum Gasteiger partial charge on any atom is 0.266 e. The summed E-state index contributed by atoms with van der Waals surface area (Å²) >= 11 is 9.29. The average Bonchev–Trinajstić information content (AvgIpc) is 3.16. The lowest BCUT2D eigenvalue weighted by Gasteiger charge is -2.29. The van der Waals surface area contributed by atoms with Gasteiger partial charge in [0.05, 0.1) is 15.1 Å². The van der Waals surface area contributed by atoms with E-state index in [4.69, 9.17) is 21.7 Å². The molecule has 0 spiro atoms. The molecule has 3 aromatic carbocycles. The highest BCUT2D eigenvalue weighted by Crippen LogP contribution is 2.40. The number of benzene rings is 3. The van der Waals surface area contributed by atoms with Crippen molar-refractivity contribution in [2.24, 2.45) is 0 Å². The van der Waals surface area contributed by atoms with Gasteiger partial charge in [0.25, 0.3) is 5.91 Å². The van der Waals surface area contributed by atoms with Crippen LogP contribution >= 0.6 is 46.6 Å². The van der Waals surface area contributed by atoms with Crippen LogP contribution in [0.5, 0.6) is 11.5 Å². The number of halogens is 1. The van der Waals surface area contributed by atoms with Gasteiger partial charge in [-0.05, 0) is 82.5 Å². The third-order valence-electron chi connectivity index (χ3n) is 6.64. The number of amides is 1. The SMILES string of the molecule is CCOc1cc(/C=C2\SC(=S)N(C3CCCCC3)C2=O)cc(I)c1OCc1cccc2ccccc12. The monoisotopic (exact) mass is 629 g/mol. The molecule has 1 amide bonds. The highest BCUT2D eigenvalue weighted by Gasteiger charge is 2.37. The summed E-state index contributed by atoms with van der Waals surface area (Å²) in [5.74, 6) is 1.43. The van der Waals surface area contributed by atoms with Gasteiger partial charge in [-0.1, -0.05) is 85.7 Å². The first kappa shape index (κ1) is 25.5. The number of rotatable bonds is 7. The fourth-order valence-electron chi connectivity index (χ4n) is 4.93. The minimum absolute atomic E-state index is 0.0288. The smallest absolute Gasteiger partial charge is 0.266 e. The van der Waals surface area contributed by atoms with E-state index in [0.29, 0.717) is 28.2 Å². The highest BCUT2D eigenvalue weighted by atomic mass is 127. The van der Waals surface area contributed by atoms with Gasteiger partial charge in [-0.25, -0.2) is 0 Å². The van der Waals surface area contributed by atoms with Crippen LogP contribution in [-0.2, 0) is 11.4 Å². The fraction of sp³-hybridized carbons (Fsp3) is 0.310. The topological polar surface area (TPSA) is 38.8 Å². The van der Waals surface area contributed by atoms with Crippen molar-refractivity contribution in [1.82, 2.24) is 4.90 Å². The number of ether oxygens (including phenoxy) is 2. The molecule has 2 fully saturated rings. The van der Waals surface area contributed by atoms with Gasteiger partial charge in [0.15, 0.2) is 11.5 Å². The molecule has 1 aliphatic carbocycles. The molecule has 1 saturated heterocycles. The van der Waals surface area contributed by atoms with Crippen LogP contribution in [0.1, 0.15) is 50.2 Å². The molecule has 0 unspecified atom stereocenters. The molecule has 2 aliphatic rings. The van der Waals surface area contributed by atoms with Gasteiger partial charge in [-0.2, -0.15) is 0 Å². The number of thioether (sulfide) groups is 1. The number of carbonyl (C=O) groups excluding carboxylic acids is 1. The molecule has 1 heterocycles. The summed E-state index contributed by atoms with van der Waals surface area (Å²) in [6.45, 7) is 2.92. The van der Waals surface area contributed by atoms with E-state index in [-0.39, 0.29) is 11.9 Å². The molecule has 0 bridgehead atoms. The van der Waals surface area contributed by atoms with Gasteiger partial charge < -0.3 is 9.47 Å². The van der Waals surface area contributed by atoms with Crippen LogP contribution in [0.15, 0.2) is 59.5 Å². The molecule has 0 atom stereocenters. The summed E-state index contributed by atoms with van der Waals surface area (Å²) in [5, 5.41) is 2.38. The van der Waals surface area contributed by atoms with Gasteiger partial charge in [0.2, 0.25) is 0 Å². The van der Waals surface area contributed by atoms with Gasteiger partial charge in [-0.15, -0.1) is 0 Å². The van der Waals surface area contributed by atoms with Gasteiger partial charge in [-0.3, -0.25) is 9.69 Å². The number of nitrogens with zero attached hydrogens (tertiary/aromatic N) is 1. The first-order valence-corrected chi connectivity index (χ1v) is 14.7. The Labute approximate surface area is 235 Å². The third kappa shape index (κ3) is 5.43. The Morgan fingerprint density at radius 3 is 2.67 bits per heavy atom. The lowest BCUT2D eigenvalue weighted by atomic mass is 9.94. The number of carbonyl (C=O) groups is 1. The normalized spacial score (nSPS) is 17.8. The average molecular weight is 630 g/mol. The Balaban J connectivity index is 1.39. The van der Waals surface area contributed by atoms with E-state index in [2.05, 4.69) is 52.9 Å². The Morgan fingerprint density at radius 2 is 1.86 bits per heavy atom.